The van der Waals surface area contributed by atoms with E-state index in [1.165, 1.54) is 0 Å². The summed E-state index contributed by atoms with van der Waals surface area (Å²) in [4.78, 5) is 22.1. The second-order valence-electron chi connectivity index (χ2n) is 9.54. The predicted molar refractivity (Wildman–Crippen MR) is 140 cm³/mol. The Morgan fingerprint density at radius 1 is 0.833 bits per heavy atom. The molecule has 0 bridgehead atoms. The first kappa shape index (κ1) is 23.7. The number of fused-ring (bicyclic) bond motifs is 2. The lowest BCUT2D eigenvalue weighted by Gasteiger charge is -2.51. The first-order chi connectivity index (χ1) is 17.5. The van der Waals surface area contributed by atoms with Crippen molar-refractivity contribution in [2.75, 3.05) is 6.54 Å². The van der Waals surface area contributed by atoms with Gasteiger partial charge < -0.3 is 15.4 Å². The summed E-state index contributed by atoms with van der Waals surface area (Å²) in [5.74, 6) is 1.41. The number of para-hydroxylation sites is 2. The number of carbonyl (C=O) groups is 1. The van der Waals surface area contributed by atoms with Gasteiger partial charge in [0, 0.05) is 35.6 Å². The molecule has 0 aliphatic carbocycles. The van der Waals surface area contributed by atoms with Crippen LogP contribution in [-0.4, -0.2) is 28.0 Å². The molecule has 4 aromatic rings. The summed E-state index contributed by atoms with van der Waals surface area (Å²) < 4.78 is 6.34. The van der Waals surface area contributed by atoms with Crippen molar-refractivity contribution in [1.82, 2.24) is 20.6 Å². The van der Waals surface area contributed by atoms with Crippen LogP contribution in [-0.2, 0) is 12.0 Å². The first-order valence-electron chi connectivity index (χ1n) is 12.2. The number of aromatic nitrogens is 2. The van der Waals surface area contributed by atoms with E-state index in [-0.39, 0.29) is 5.91 Å². The van der Waals surface area contributed by atoms with Crippen molar-refractivity contribution in [3.8, 4) is 11.5 Å². The fraction of sp³-hybridized carbons (Fsp3) is 0.233. The monoisotopic (exact) mass is 478 g/mol. The maximum absolute atomic E-state index is 13.4. The van der Waals surface area contributed by atoms with Crippen molar-refractivity contribution in [2.24, 2.45) is 0 Å². The number of benzene rings is 2. The van der Waals surface area contributed by atoms with Gasteiger partial charge in [0.05, 0.1) is 11.1 Å². The first-order valence-corrected chi connectivity index (χ1v) is 12.2. The molecule has 6 nitrogen and oxygen atoms in total. The van der Waals surface area contributed by atoms with Crippen molar-refractivity contribution >= 4 is 5.91 Å². The second-order valence-corrected chi connectivity index (χ2v) is 9.54. The zero-order chi connectivity index (χ0) is 25.0. The Balaban J connectivity index is 1.55. The molecule has 3 heterocycles. The molecule has 2 N–H and O–H groups in total. The van der Waals surface area contributed by atoms with E-state index in [2.05, 4.69) is 46.6 Å². The Bertz CT molecular complexity index is 1290. The van der Waals surface area contributed by atoms with Crippen LogP contribution in [0.15, 0.2) is 97.3 Å². The number of nitrogens with one attached hydrogen (secondary N) is 2. The highest BCUT2D eigenvalue weighted by Gasteiger charge is 2.53. The van der Waals surface area contributed by atoms with E-state index in [9.17, 15) is 4.79 Å². The molecule has 0 atom stereocenters. The van der Waals surface area contributed by atoms with Gasteiger partial charge in [-0.25, -0.2) is 0 Å². The molecular formula is C30H30N4O2. The number of carbonyl (C=O) groups excluding carboxylic acids is 1. The van der Waals surface area contributed by atoms with E-state index in [1.807, 2.05) is 66.7 Å². The van der Waals surface area contributed by atoms with Crippen LogP contribution in [0.25, 0.3) is 0 Å². The highest BCUT2D eigenvalue weighted by molar-refractivity contribution is 5.93. The smallest absolute Gasteiger partial charge is 0.270 e. The van der Waals surface area contributed by atoms with Crippen molar-refractivity contribution in [1.29, 1.82) is 0 Å². The summed E-state index contributed by atoms with van der Waals surface area (Å²) in [5.41, 5.74) is 2.22. The maximum atomic E-state index is 13.4. The number of rotatable bonds is 8. The van der Waals surface area contributed by atoms with Crippen LogP contribution in [0, 0.1) is 0 Å². The summed E-state index contributed by atoms with van der Waals surface area (Å²) in [5, 5.41) is 6.89. The van der Waals surface area contributed by atoms with Gasteiger partial charge in [0.2, 0.25) is 0 Å². The Morgan fingerprint density at radius 2 is 1.44 bits per heavy atom. The minimum atomic E-state index is -0.690. The van der Waals surface area contributed by atoms with Gasteiger partial charge in [-0.05, 0) is 63.2 Å². The Morgan fingerprint density at radius 3 is 2.06 bits per heavy atom. The van der Waals surface area contributed by atoms with Crippen LogP contribution in [0.2, 0.25) is 0 Å². The molecule has 0 spiro atoms. The van der Waals surface area contributed by atoms with E-state index in [0.29, 0.717) is 18.8 Å². The average Bonchev–Trinajstić information content (AvgIpc) is 2.91. The van der Waals surface area contributed by atoms with Gasteiger partial charge >= 0.3 is 0 Å². The lowest BCUT2D eigenvalue weighted by atomic mass is 9.59. The molecule has 2 aromatic carbocycles. The third kappa shape index (κ3) is 4.36. The summed E-state index contributed by atoms with van der Waals surface area (Å²) in [7, 11) is 0. The Kier molecular flexibility index (Phi) is 6.53. The fourth-order valence-electron chi connectivity index (χ4n) is 5.28. The summed E-state index contributed by atoms with van der Waals surface area (Å²) in [6.45, 7) is 5.55. The molecule has 6 heteroatoms. The quantitative estimate of drug-likeness (QED) is 0.338. The molecule has 182 valence electrons. The third-order valence-corrected chi connectivity index (χ3v) is 7.01. The van der Waals surface area contributed by atoms with Gasteiger partial charge in [-0.3, -0.25) is 14.8 Å². The average molecular weight is 479 g/mol. The van der Waals surface area contributed by atoms with Crippen molar-refractivity contribution in [3.63, 3.8) is 0 Å². The minimum absolute atomic E-state index is 0.206. The van der Waals surface area contributed by atoms with Crippen LogP contribution in [0.5, 0.6) is 11.5 Å². The van der Waals surface area contributed by atoms with E-state index < -0.39 is 11.0 Å². The number of nitrogens with zero attached hydrogens (tertiary/aromatic N) is 2. The molecule has 2 aromatic heterocycles. The standard InChI is InChI=1S/C30H30N4O2/c1-29(2,34-28(35)25-14-8-10-19-33-25)30(17-20-31-21-22-11-7-9-18-32-22)23-12-3-5-15-26(23)36-27-16-6-4-13-24(27)30/h3-16,18-19,31H,17,20-21H2,1-2H3,(H,34,35). The van der Waals surface area contributed by atoms with Crippen LogP contribution in [0.4, 0.5) is 0 Å². The molecule has 5 rings (SSSR count). The molecule has 36 heavy (non-hydrogen) atoms. The number of hydrogen-bond acceptors (Lipinski definition) is 5. The topological polar surface area (TPSA) is 76.1 Å². The number of pyridine rings is 2. The normalized spacial score (nSPS) is 13.7. The molecule has 0 fully saturated rings. The number of hydrogen-bond donors (Lipinski definition) is 2. The lowest BCUT2D eigenvalue weighted by molar-refractivity contribution is 0.0858. The number of amides is 1. The van der Waals surface area contributed by atoms with Crippen molar-refractivity contribution < 1.29 is 9.53 Å². The summed E-state index contributed by atoms with van der Waals surface area (Å²) >= 11 is 0. The minimum Gasteiger partial charge on any atom is -0.457 e. The van der Waals surface area contributed by atoms with Crippen LogP contribution >= 0.6 is 0 Å². The molecule has 1 aliphatic heterocycles. The van der Waals surface area contributed by atoms with Crippen molar-refractivity contribution in [2.45, 2.75) is 37.8 Å². The molecule has 0 saturated heterocycles. The van der Waals surface area contributed by atoms with Gasteiger partial charge in [0.15, 0.2) is 0 Å². The van der Waals surface area contributed by atoms with Gasteiger partial charge in [0.1, 0.15) is 17.2 Å². The van der Waals surface area contributed by atoms with Gasteiger partial charge in [0.25, 0.3) is 5.91 Å². The maximum Gasteiger partial charge on any atom is 0.270 e. The number of ether oxygens (including phenoxy) is 1. The van der Waals surface area contributed by atoms with Crippen LogP contribution in [0.1, 0.15) is 47.6 Å². The Hall–Kier alpha value is -4.03. The predicted octanol–water partition coefficient (Wildman–Crippen LogP) is 5.26. The van der Waals surface area contributed by atoms with E-state index in [1.54, 1.807) is 18.5 Å². The molecular weight excluding hydrogens is 448 g/mol. The second kappa shape index (κ2) is 9.91. The largest absolute Gasteiger partial charge is 0.457 e. The van der Waals surface area contributed by atoms with E-state index in [0.717, 1.165) is 34.7 Å². The highest BCUT2D eigenvalue weighted by atomic mass is 16.5. The van der Waals surface area contributed by atoms with Crippen LogP contribution in [0.3, 0.4) is 0 Å². The van der Waals surface area contributed by atoms with Crippen molar-refractivity contribution in [3.05, 3.63) is 120 Å². The van der Waals surface area contributed by atoms with E-state index in [4.69, 9.17) is 4.74 Å². The van der Waals surface area contributed by atoms with Crippen LogP contribution < -0.4 is 15.4 Å². The summed E-state index contributed by atoms with van der Waals surface area (Å²) in [6.07, 6.45) is 4.17. The fourth-order valence-corrected chi connectivity index (χ4v) is 5.28. The van der Waals surface area contributed by atoms with Gasteiger partial charge in [-0.15, -0.1) is 0 Å². The van der Waals surface area contributed by atoms with Gasteiger partial charge in [-0.2, -0.15) is 0 Å². The SMILES string of the molecule is CC(C)(NC(=O)c1ccccn1)C1(CCNCc2ccccn2)c2ccccc2Oc2ccccc21. The van der Waals surface area contributed by atoms with Gasteiger partial charge in [-0.1, -0.05) is 48.5 Å². The lowest BCUT2D eigenvalue weighted by Crippen LogP contribution is -2.60. The molecule has 1 aliphatic rings. The summed E-state index contributed by atoms with van der Waals surface area (Å²) in [6, 6.07) is 27.5. The highest BCUT2D eigenvalue weighted by Crippen LogP contribution is 2.54. The molecule has 1 amide bonds. The molecule has 0 saturated carbocycles. The molecule has 0 radical (unpaired) electrons. The zero-order valence-electron chi connectivity index (χ0n) is 20.6. The van der Waals surface area contributed by atoms with E-state index >= 15 is 0 Å². The third-order valence-electron chi connectivity index (χ3n) is 7.01. The Labute approximate surface area is 211 Å². The zero-order valence-corrected chi connectivity index (χ0v) is 20.6. The molecule has 0 unspecified atom stereocenters.